The SMILES string of the molecule is CC1CCN(c2ncccc2C(=O)NS(=O)(=O)c2cccc(OCc3cccc4ccccc34)n2)C1(C)C. The molecule has 1 fully saturated rings. The Morgan fingerprint density at radius 1 is 1.05 bits per heavy atom. The molecule has 3 heterocycles. The van der Waals surface area contributed by atoms with Crippen molar-refractivity contribution in [3.63, 3.8) is 0 Å². The molecular weight excluding hydrogens is 500 g/mol. The van der Waals surface area contributed by atoms with Crippen LogP contribution in [0.1, 0.15) is 43.1 Å². The number of pyridine rings is 2. The van der Waals surface area contributed by atoms with Gasteiger partial charge in [-0.25, -0.2) is 9.71 Å². The van der Waals surface area contributed by atoms with Crippen LogP contribution < -0.4 is 14.4 Å². The molecule has 38 heavy (non-hydrogen) atoms. The van der Waals surface area contributed by atoms with Crippen molar-refractivity contribution in [1.29, 1.82) is 0 Å². The van der Waals surface area contributed by atoms with Crippen LogP contribution in [0.5, 0.6) is 5.88 Å². The smallest absolute Gasteiger partial charge is 0.281 e. The second-order valence-electron chi connectivity index (χ2n) is 10.0. The minimum absolute atomic E-state index is 0.142. The monoisotopic (exact) mass is 530 g/mol. The van der Waals surface area contributed by atoms with Gasteiger partial charge in [-0.2, -0.15) is 13.4 Å². The van der Waals surface area contributed by atoms with Gasteiger partial charge in [0, 0.05) is 24.3 Å². The highest BCUT2D eigenvalue weighted by Gasteiger charge is 2.40. The maximum Gasteiger partial charge on any atom is 0.281 e. The lowest BCUT2D eigenvalue weighted by Gasteiger charge is -2.36. The number of benzene rings is 2. The molecule has 8 nitrogen and oxygen atoms in total. The van der Waals surface area contributed by atoms with E-state index in [-0.39, 0.29) is 28.6 Å². The molecule has 0 aliphatic carbocycles. The van der Waals surface area contributed by atoms with Gasteiger partial charge in [-0.3, -0.25) is 4.79 Å². The first kappa shape index (κ1) is 25.7. The third kappa shape index (κ3) is 4.93. The average molecular weight is 531 g/mol. The molecule has 1 aliphatic heterocycles. The van der Waals surface area contributed by atoms with Gasteiger partial charge >= 0.3 is 0 Å². The highest BCUT2D eigenvalue weighted by molar-refractivity contribution is 7.90. The molecule has 2 aromatic heterocycles. The number of hydrogen-bond acceptors (Lipinski definition) is 7. The Morgan fingerprint density at radius 3 is 2.61 bits per heavy atom. The summed E-state index contributed by atoms with van der Waals surface area (Å²) in [6, 6.07) is 21.5. The van der Waals surface area contributed by atoms with E-state index in [1.807, 2.05) is 42.5 Å². The van der Waals surface area contributed by atoms with Crippen molar-refractivity contribution in [3.8, 4) is 5.88 Å². The summed E-state index contributed by atoms with van der Waals surface area (Å²) in [5, 5.41) is 1.83. The van der Waals surface area contributed by atoms with E-state index < -0.39 is 15.9 Å². The first-order valence-electron chi connectivity index (χ1n) is 12.5. The molecular formula is C29H30N4O4S. The van der Waals surface area contributed by atoms with Crippen molar-refractivity contribution in [2.45, 2.75) is 44.4 Å². The van der Waals surface area contributed by atoms with Crippen LogP contribution in [0, 0.1) is 5.92 Å². The van der Waals surface area contributed by atoms with E-state index in [9.17, 15) is 13.2 Å². The Balaban J connectivity index is 1.34. The van der Waals surface area contributed by atoms with Gasteiger partial charge in [0.2, 0.25) is 5.88 Å². The number of carbonyl (C=O) groups excluding carboxylic acids is 1. The number of anilines is 1. The van der Waals surface area contributed by atoms with Crippen LogP contribution in [0.3, 0.4) is 0 Å². The summed E-state index contributed by atoms with van der Waals surface area (Å²) in [6.07, 6.45) is 2.57. The van der Waals surface area contributed by atoms with Crippen LogP contribution >= 0.6 is 0 Å². The Hall–Kier alpha value is -3.98. The molecule has 1 atom stereocenters. The highest BCUT2D eigenvalue weighted by Crippen LogP contribution is 2.38. The number of nitrogens with one attached hydrogen (secondary N) is 1. The fraction of sp³-hybridized carbons (Fsp3) is 0.276. The number of nitrogens with zero attached hydrogens (tertiary/aromatic N) is 3. The molecule has 1 aliphatic rings. The number of aromatic nitrogens is 2. The lowest BCUT2D eigenvalue weighted by molar-refractivity contribution is 0.0981. The van der Waals surface area contributed by atoms with E-state index in [1.165, 1.54) is 12.1 Å². The second-order valence-corrected chi connectivity index (χ2v) is 11.7. The first-order chi connectivity index (χ1) is 18.2. The van der Waals surface area contributed by atoms with Gasteiger partial charge in [-0.1, -0.05) is 55.5 Å². The molecule has 5 rings (SSSR count). The van der Waals surface area contributed by atoms with Gasteiger partial charge in [-0.15, -0.1) is 0 Å². The van der Waals surface area contributed by atoms with Crippen LogP contribution in [-0.4, -0.2) is 36.4 Å². The average Bonchev–Trinajstić information content (AvgIpc) is 3.18. The quantitative estimate of drug-likeness (QED) is 0.361. The van der Waals surface area contributed by atoms with Gasteiger partial charge in [0.25, 0.3) is 15.9 Å². The van der Waals surface area contributed by atoms with Gasteiger partial charge in [0.05, 0.1) is 5.56 Å². The number of amides is 1. The molecule has 1 unspecified atom stereocenters. The summed E-state index contributed by atoms with van der Waals surface area (Å²) < 4.78 is 34.3. The first-order valence-corrected chi connectivity index (χ1v) is 14.0. The van der Waals surface area contributed by atoms with Crippen LogP contribution in [-0.2, 0) is 16.6 Å². The Morgan fingerprint density at radius 2 is 1.82 bits per heavy atom. The number of sulfonamides is 1. The zero-order valence-corrected chi connectivity index (χ0v) is 22.4. The number of ether oxygens (including phenoxy) is 1. The fourth-order valence-corrected chi connectivity index (χ4v) is 5.75. The van der Waals surface area contributed by atoms with Crippen molar-refractivity contribution >= 4 is 32.5 Å². The molecule has 2 aromatic carbocycles. The van der Waals surface area contributed by atoms with E-state index >= 15 is 0 Å². The Kier molecular flexibility index (Phi) is 6.79. The van der Waals surface area contributed by atoms with Crippen LogP contribution in [0.2, 0.25) is 0 Å². The zero-order valence-electron chi connectivity index (χ0n) is 21.6. The van der Waals surface area contributed by atoms with E-state index in [2.05, 4.69) is 40.4 Å². The predicted molar refractivity (Wildman–Crippen MR) is 147 cm³/mol. The standard InChI is InChI=1S/C29H30N4O4S/c1-20-16-18-33(29(20,2)3)27-24(13-8-17-30-27)28(34)32-38(35,36)26-15-7-14-25(31-26)37-19-22-11-6-10-21-9-4-5-12-23(21)22/h4-15,17,20H,16,18-19H2,1-3H3,(H,32,34). The maximum atomic E-state index is 13.2. The summed E-state index contributed by atoms with van der Waals surface area (Å²) in [5.74, 6) is 0.245. The summed E-state index contributed by atoms with van der Waals surface area (Å²) >= 11 is 0. The number of fused-ring (bicyclic) bond motifs is 1. The number of hydrogen-bond donors (Lipinski definition) is 1. The second kappa shape index (κ2) is 10.1. The normalized spacial score (nSPS) is 16.9. The van der Waals surface area contributed by atoms with E-state index in [0.717, 1.165) is 29.3 Å². The van der Waals surface area contributed by atoms with Gasteiger partial charge < -0.3 is 9.64 Å². The predicted octanol–water partition coefficient (Wildman–Crippen LogP) is 4.95. The highest BCUT2D eigenvalue weighted by atomic mass is 32.2. The van der Waals surface area contributed by atoms with Gasteiger partial charge in [0.15, 0.2) is 5.03 Å². The molecule has 0 bridgehead atoms. The lowest BCUT2D eigenvalue weighted by Crippen LogP contribution is -2.43. The topological polar surface area (TPSA) is 101 Å². The third-order valence-electron chi connectivity index (χ3n) is 7.43. The largest absolute Gasteiger partial charge is 0.473 e. The van der Waals surface area contributed by atoms with Crippen molar-refractivity contribution in [3.05, 3.63) is 90.1 Å². The molecule has 1 amide bonds. The summed E-state index contributed by atoms with van der Waals surface area (Å²) in [5.41, 5.74) is 0.927. The summed E-state index contributed by atoms with van der Waals surface area (Å²) in [7, 11) is -4.26. The molecule has 0 saturated carbocycles. The zero-order chi connectivity index (χ0) is 26.9. The van der Waals surface area contributed by atoms with E-state index in [0.29, 0.717) is 11.7 Å². The van der Waals surface area contributed by atoms with Crippen LogP contribution in [0.25, 0.3) is 10.8 Å². The van der Waals surface area contributed by atoms with Crippen molar-refractivity contribution in [2.75, 3.05) is 11.4 Å². The molecule has 9 heteroatoms. The van der Waals surface area contributed by atoms with Crippen molar-refractivity contribution in [2.24, 2.45) is 5.92 Å². The maximum absolute atomic E-state index is 13.2. The van der Waals surface area contributed by atoms with Crippen molar-refractivity contribution in [1.82, 2.24) is 14.7 Å². The molecule has 0 spiro atoms. The minimum atomic E-state index is -4.26. The van der Waals surface area contributed by atoms with Crippen LogP contribution in [0.15, 0.2) is 84.0 Å². The van der Waals surface area contributed by atoms with Gasteiger partial charge in [-0.05, 0) is 60.7 Å². The molecule has 0 radical (unpaired) electrons. The molecule has 4 aromatic rings. The third-order valence-corrected chi connectivity index (χ3v) is 8.66. The van der Waals surface area contributed by atoms with Crippen molar-refractivity contribution < 1.29 is 17.9 Å². The molecule has 1 saturated heterocycles. The van der Waals surface area contributed by atoms with E-state index in [1.54, 1.807) is 24.4 Å². The molecule has 196 valence electrons. The van der Waals surface area contributed by atoms with Crippen LogP contribution in [0.4, 0.5) is 5.82 Å². The Labute approximate surface area is 222 Å². The number of rotatable bonds is 7. The van der Waals surface area contributed by atoms with E-state index in [4.69, 9.17) is 4.74 Å². The summed E-state index contributed by atoms with van der Waals surface area (Å²) in [6.45, 7) is 7.31. The summed E-state index contributed by atoms with van der Waals surface area (Å²) in [4.78, 5) is 23.9. The Bertz CT molecular complexity index is 1600. The molecule has 1 N–H and O–H groups in total. The minimum Gasteiger partial charge on any atom is -0.473 e. The van der Waals surface area contributed by atoms with Gasteiger partial charge in [0.1, 0.15) is 12.4 Å². The lowest BCUT2D eigenvalue weighted by atomic mass is 9.90. The fourth-order valence-electron chi connectivity index (χ4n) is 4.82. The number of carbonyl (C=O) groups is 1.